The largest absolute Gasteiger partial charge is 0.508 e. The predicted molar refractivity (Wildman–Crippen MR) is 135 cm³/mol. The number of phenols is 1. The maximum absolute atomic E-state index is 13.6. The average molecular weight is 474 g/mol. The summed E-state index contributed by atoms with van der Waals surface area (Å²) in [5, 5.41) is 15.1. The minimum atomic E-state index is -0.174. The number of hydrogen-bond donors (Lipinski definition) is 1. The maximum atomic E-state index is 13.6. The van der Waals surface area contributed by atoms with Gasteiger partial charge >= 0.3 is 0 Å². The molecular weight excluding hydrogens is 442 g/mol. The Morgan fingerprint density at radius 2 is 1.94 bits per heavy atom. The number of aryl methyl sites for hydroxylation is 1. The van der Waals surface area contributed by atoms with Crippen LogP contribution in [0.2, 0.25) is 0 Å². The highest BCUT2D eigenvalue weighted by atomic mass is 16.5. The number of unbranched alkanes of at least 4 members (excludes halogenated alkanes) is 1. The Kier molecular flexibility index (Phi) is 7.29. The molecule has 0 aliphatic carbocycles. The Bertz CT molecular complexity index is 1330. The van der Waals surface area contributed by atoms with Crippen molar-refractivity contribution >= 4 is 16.8 Å². The monoisotopic (exact) mass is 473 g/mol. The number of benzene rings is 1. The van der Waals surface area contributed by atoms with Crippen LogP contribution in [-0.4, -0.2) is 49.3 Å². The van der Waals surface area contributed by atoms with E-state index in [9.17, 15) is 9.90 Å². The maximum Gasteiger partial charge on any atom is 0.254 e. The van der Waals surface area contributed by atoms with E-state index < -0.39 is 0 Å². The van der Waals surface area contributed by atoms with E-state index >= 15 is 0 Å². The van der Waals surface area contributed by atoms with Crippen LogP contribution in [-0.2, 0) is 13.1 Å². The van der Waals surface area contributed by atoms with Crippen molar-refractivity contribution in [3.05, 3.63) is 65.6 Å². The summed E-state index contributed by atoms with van der Waals surface area (Å²) in [7, 11) is 1.76. The van der Waals surface area contributed by atoms with Crippen LogP contribution < -0.4 is 4.74 Å². The summed E-state index contributed by atoms with van der Waals surface area (Å²) in [6.45, 7) is 8.00. The molecule has 3 heterocycles. The fourth-order valence-corrected chi connectivity index (χ4v) is 3.97. The first-order valence-electron chi connectivity index (χ1n) is 11.9. The molecule has 0 saturated carbocycles. The predicted octanol–water partition coefficient (Wildman–Crippen LogP) is 4.98. The molecule has 35 heavy (non-hydrogen) atoms. The van der Waals surface area contributed by atoms with Gasteiger partial charge < -0.3 is 14.7 Å². The van der Waals surface area contributed by atoms with Crippen molar-refractivity contribution in [3.63, 3.8) is 0 Å². The van der Waals surface area contributed by atoms with Gasteiger partial charge in [0.2, 0.25) is 0 Å². The molecule has 1 N–H and O–H groups in total. The lowest BCUT2D eigenvalue weighted by molar-refractivity contribution is 0.0787. The molecule has 0 bridgehead atoms. The van der Waals surface area contributed by atoms with Gasteiger partial charge in [-0.15, -0.1) is 0 Å². The number of rotatable bonds is 9. The third-order valence-corrected chi connectivity index (χ3v) is 6.05. The Labute approximate surface area is 205 Å². The summed E-state index contributed by atoms with van der Waals surface area (Å²) in [6, 6.07) is 10.3. The lowest BCUT2D eigenvalue weighted by Gasteiger charge is -2.19. The van der Waals surface area contributed by atoms with Crippen LogP contribution in [0.3, 0.4) is 0 Å². The summed E-state index contributed by atoms with van der Waals surface area (Å²) in [6.07, 6.45) is 5.53. The SMILES string of the molecule is CCCCOc1ccc(-c2cc(C(=O)N(C)Cc3cnn(CC)c3C)c3cc(O)ccc3n2)nc1. The lowest BCUT2D eigenvalue weighted by Crippen LogP contribution is -2.26. The fourth-order valence-electron chi connectivity index (χ4n) is 3.97. The highest BCUT2D eigenvalue weighted by molar-refractivity contribution is 6.07. The minimum Gasteiger partial charge on any atom is -0.508 e. The zero-order valence-corrected chi connectivity index (χ0v) is 20.7. The first kappa shape index (κ1) is 24.2. The minimum absolute atomic E-state index is 0.0792. The van der Waals surface area contributed by atoms with Gasteiger partial charge in [-0.05, 0) is 56.7 Å². The molecule has 0 unspecified atom stereocenters. The third-order valence-electron chi connectivity index (χ3n) is 6.05. The van der Waals surface area contributed by atoms with Gasteiger partial charge in [-0.1, -0.05) is 13.3 Å². The molecule has 0 aliphatic heterocycles. The molecule has 0 atom stereocenters. The highest BCUT2D eigenvalue weighted by Gasteiger charge is 2.20. The van der Waals surface area contributed by atoms with Crippen LogP contribution in [0.1, 0.15) is 48.3 Å². The second kappa shape index (κ2) is 10.5. The smallest absolute Gasteiger partial charge is 0.254 e. The number of fused-ring (bicyclic) bond motifs is 1. The Hall–Kier alpha value is -3.94. The molecule has 8 nitrogen and oxygen atoms in total. The highest BCUT2D eigenvalue weighted by Crippen LogP contribution is 2.28. The molecule has 4 aromatic rings. The second-order valence-corrected chi connectivity index (χ2v) is 8.57. The van der Waals surface area contributed by atoms with Crippen LogP contribution in [0.4, 0.5) is 0 Å². The van der Waals surface area contributed by atoms with Crippen LogP contribution in [0.15, 0.2) is 48.8 Å². The van der Waals surface area contributed by atoms with Crippen molar-refractivity contribution in [3.8, 4) is 22.9 Å². The van der Waals surface area contributed by atoms with Gasteiger partial charge in [-0.3, -0.25) is 14.5 Å². The molecule has 0 radical (unpaired) electrons. The second-order valence-electron chi connectivity index (χ2n) is 8.57. The van der Waals surface area contributed by atoms with Crippen molar-refractivity contribution < 1.29 is 14.6 Å². The first-order chi connectivity index (χ1) is 16.9. The van der Waals surface area contributed by atoms with E-state index in [0.29, 0.717) is 46.8 Å². The summed E-state index contributed by atoms with van der Waals surface area (Å²) in [5.41, 5.74) is 4.31. The summed E-state index contributed by atoms with van der Waals surface area (Å²) >= 11 is 0. The van der Waals surface area contributed by atoms with Crippen LogP contribution in [0.5, 0.6) is 11.5 Å². The average Bonchev–Trinajstić information content (AvgIpc) is 3.22. The van der Waals surface area contributed by atoms with E-state index in [1.165, 1.54) is 0 Å². The van der Waals surface area contributed by atoms with Gasteiger partial charge in [0.15, 0.2) is 0 Å². The Morgan fingerprint density at radius 1 is 1.11 bits per heavy atom. The molecule has 1 aromatic carbocycles. The van der Waals surface area contributed by atoms with Crippen molar-refractivity contribution in [2.24, 2.45) is 0 Å². The fraction of sp³-hybridized carbons (Fsp3) is 0.333. The van der Waals surface area contributed by atoms with E-state index in [1.54, 1.807) is 48.6 Å². The zero-order chi connectivity index (χ0) is 24.9. The topological polar surface area (TPSA) is 93.4 Å². The van der Waals surface area contributed by atoms with Gasteiger partial charge in [0.25, 0.3) is 5.91 Å². The van der Waals surface area contributed by atoms with Gasteiger partial charge in [0.1, 0.15) is 11.5 Å². The normalized spacial score (nSPS) is 11.1. The number of ether oxygens (including phenoxy) is 1. The molecule has 3 aromatic heterocycles. The molecule has 0 spiro atoms. The number of hydrogen-bond acceptors (Lipinski definition) is 6. The number of aromatic nitrogens is 4. The summed E-state index contributed by atoms with van der Waals surface area (Å²) in [5.74, 6) is 0.606. The number of amides is 1. The summed E-state index contributed by atoms with van der Waals surface area (Å²) < 4.78 is 7.62. The zero-order valence-electron chi connectivity index (χ0n) is 20.7. The van der Waals surface area contributed by atoms with Gasteiger partial charge in [-0.25, -0.2) is 4.98 Å². The Morgan fingerprint density at radius 3 is 2.63 bits per heavy atom. The summed E-state index contributed by atoms with van der Waals surface area (Å²) in [4.78, 5) is 24.5. The standard InChI is InChI=1S/C27H31N5O3/c1-5-7-12-35-21-9-11-25(28-16-21)26-14-23(22-13-20(33)8-10-24(22)30-26)27(34)31(4)17-19-15-29-32(6-2)18(19)3/h8-11,13-16,33H,5-7,12,17H2,1-4H3. The third kappa shape index (κ3) is 5.26. The number of carbonyl (C=O) groups excluding carboxylic acids is 1. The number of phenolic OH excluding ortho intramolecular Hbond substituents is 1. The quantitative estimate of drug-likeness (QED) is 0.345. The number of pyridine rings is 2. The van der Waals surface area contributed by atoms with Crippen molar-refractivity contribution in [2.75, 3.05) is 13.7 Å². The molecule has 182 valence electrons. The van der Waals surface area contributed by atoms with Crippen LogP contribution in [0.25, 0.3) is 22.3 Å². The molecule has 0 aliphatic rings. The van der Waals surface area contributed by atoms with Crippen molar-refractivity contribution in [2.45, 2.75) is 46.7 Å². The first-order valence-corrected chi connectivity index (χ1v) is 11.9. The number of aromatic hydroxyl groups is 1. The van der Waals surface area contributed by atoms with Gasteiger partial charge in [0, 0.05) is 36.8 Å². The van der Waals surface area contributed by atoms with E-state index in [2.05, 4.69) is 17.0 Å². The molecule has 8 heteroatoms. The van der Waals surface area contributed by atoms with E-state index in [4.69, 9.17) is 9.72 Å². The number of nitrogens with zero attached hydrogens (tertiary/aromatic N) is 5. The van der Waals surface area contributed by atoms with E-state index in [-0.39, 0.29) is 11.7 Å². The van der Waals surface area contributed by atoms with Crippen LogP contribution >= 0.6 is 0 Å². The van der Waals surface area contributed by atoms with Crippen molar-refractivity contribution in [1.29, 1.82) is 0 Å². The molecule has 0 fully saturated rings. The van der Waals surface area contributed by atoms with Crippen LogP contribution in [0, 0.1) is 6.92 Å². The number of carbonyl (C=O) groups is 1. The lowest BCUT2D eigenvalue weighted by atomic mass is 10.0. The van der Waals surface area contributed by atoms with Gasteiger partial charge in [-0.2, -0.15) is 5.10 Å². The molecule has 0 saturated heterocycles. The van der Waals surface area contributed by atoms with Gasteiger partial charge in [0.05, 0.1) is 41.5 Å². The molecular formula is C27H31N5O3. The molecule has 1 amide bonds. The van der Waals surface area contributed by atoms with Crippen molar-refractivity contribution in [1.82, 2.24) is 24.6 Å². The molecule has 4 rings (SSSR count). The van der Waals surface area contributed by atoms with E-state index in [1.807, 2.05) is 30.7 Å². The van der Waals surface area contributed by atoms with E-state index in [0.717, 1.165) is 30.6 Å². The Balaban J connectivity index is 1.67.